The molecule has 1 aliphatic heterocycles. The molecule has 1 amide bonds. The highest BCUT2D eigenvalue weighted by Gasteiger charge is 2.29. The highest BCUT2D eigenvalue weighted by molar-refractivity contribution is 6.30. The molecule has 1 aliphatic rings. The SMILES string of the molecule is O=C(CCc1ccc(-c2ccc(Cl)cc2)[nH]1)N1CC[C@H](CO)[C@H](O)C1. The van der Waals surface area contributed by atoms with Crippen molar-refractivity contribution < 1.29 is 15.0 Å². The number of piperidine rings is 1. The third-order valence-corrected chi connectivity index (χ3v) is 5.07. The zero-order valence-electron chi connectivity index (χ0n) is 14.0. The largest absolute Gasteiger partial charge is 0.396 e. The highest BCUT2D eigenvalue weighted by atomic mass is 35.5. The van der Waals surface area contributed by atoms with Crippen LogP contribution in [0.4, 0.5) is 0 Å². The lowest BCUT2D eigenvalue weighted by Gasteiger charge is -2.35. The number of aryl methyl sites for hydroxylation is 1. The maximum atomic E-state index is 12.4. The molecule has 1 fully saturated rings. The molecule has 0 bridgehead atoms. The normalized spacial score (nSPS) is 20.7. The fourth-order valence-electron chi connectivity index (χ4n) is 3.20. The van der Waals surface area contributed by atoms with E-state index in [4.69, 9.17) is 11.6 Å². The number of likely N-dealkylation sites (tertiary alicyclic amines) is 1. The van der Waals surface area contributed by atoms with Gasteiger partial charge in [-0.05, 0) is 42.7 Å². The maximum Gasteiger partial charge on any atom is 0.223 e. The number of aliphatic hydroxyl groups is 2. The molecule has 1 aromatic heterocycles. The Morgan fingerprint density at radius 1 is 1.24 bits per heavy atom. The molecule has 0 aliphatic carbocycles. The molecule has 2 aromatic rings. The molecule has 2 heterocycles. The third-order valence-electron chi connectivity index (χ3n) is 4.82. The van der Waals surface area contributed by atoms with Crippen molar-refractivity contribution in [3.8, 4) is 11.3 Å². The van der Waals surface area contributed by atoms with Crippen LogP contribution in [-0.2, 0) is 11.2 Å². The van der Waals surface area contributed by atoms with Crippen LogP contribution in [0.25, 0.3) is 11.3 Å². The van der Waals surface area contributed by atoms with Crippen LogP contribution in [0.3, 0.4) is 0 Å². The van der Waals surface area contributed by atoms with Crippen LogP contribution in [0.2, 0.25) is 5.02 Å². The first-order valence-corrected chi connectivity index (χ1v) is 8.95. The number of halogens is 1. The maximum absolute atomic E-state index is 12.4. The lowest BCUT2D eigenvalue weighted by Crippen LogP contribution is -2.47. The number of aromatic amines is 1. The highest BCUT2D eigenvalue weighted by Crippen LogP contribution is 2.22. The molecule has 3 rings (SSSR count). The lowest BCUT2D eigenvalue weighted by atomic mass is 9.94. The molecule has 0 saturated carbocycles. The van der Waals surface area contributed by atoms with E-state index in [0.717, 1.165) is 17.0 Å². The predicted octanol–water partition coefficient (Wildman–Crippen LogP) is 2.47. The zero-order chi connectivity index (χ0) is 17.8. The van der Waals surface area contributed by atoms with Gasteiger partial charge in [-0.15, -0.1) is 0 Å². The Morgan fingerprint density at radius 2 is 2.00 bits per heavy atom. The number of aliphatic hydroxyl groups excluding tert-OH is 2. The summed E-state index contributed by atoms with van der Waals surface area (Å²) in [5.41, 5.74) is 3.05. The first kappa shape index (κ1) is 18.0. The van der Waals surface area contributed by atoms with E-state index in [1.54, 1.807) is 4.90 Å². The standard InChI is InChI=1S/C19H23ClN2O3/c20-15-3-1-13(2-4-15)17-7-5-16(21-17)6-8-19(25)22-10-9-14(12-23)18(24)11-22/h1-5,7,14,18,21,23-24H,6,8-12H2/t14-,18-/m1/s1. The number of rotatable bonds is 5. The first-order chi connectivity index (χ1) is 12.1. The Hall–Kier alpha value is -1.82. The minimum absolute atomic E-state index is 0.0286. The topological polar surface area (TPSA) is 76.6 Å². The van der Waals surface area contributed by atoms with Crippen molar-refractivity contribution in [2.75, 3.05) is 19.7 Å². The van der Waals surface area contributed by atoms with Gasteiger partial charge in [0, 0.05) is 48.4 Å². The fraction of sp³-hybridized carbons (Fsp3) is 0.421. The molecule has 0 spiro atoms. The zero-order valence-corrected chi connectivity index (χ0v) is 14.7. The molecule has 6 heteroatoms. The Labute approximate surface area is 152 Å². The van der Waals surface area contributed by atoms with Gasteiger partial charge in [0.05, 0.1) is 6.10 Å². The summed E-state index contributed by atoms with van der Waals surface area (Å²) in [6, 6.07) is 11.6. The average Bonchev–Trinajstić information content (AvgIpc) is 3.09. The summed E-state index contributed by atoms with van der Waals surface area (Å²) in [6.45, 7) is 0.881. The quantitative estimate of drug-likeness (QED) is 0.764. The van der Waals surface area contributed by atoms with E-state index < -0.39 is 6.10 Å². The molecule has 2 atom stereocenters. The van der Waals surface area contributed by atoms with E-state index in [1.165, 1.54) is 0 Å². The molecule has 25 heavy (non-hydrogen) atoms. The molecule has 134 valence electrons. The summed E-state index contributed by atoms with van der Waals surface area (Å²) in [4.78, 5) is 17.4. The monoisotopic (exact) mass is 362 g/mol. The van der Waals surface area contributed by atoms with Crippen LogP contribution in [0.15, 0.2) is 36.4 Å². The number of benzene rings is 1. The second-order valence-electron chi connectivity index (χ2n) is 6.54. The molecule has 0 radical (unpaired) electrons. The summed E-state index contributed by atoms with van der Waals surface area (Å²) in [6.07, 6.45) is 1.04. The van der Waals surface area contributed by atoms with E-state index in [-0.39, 0.29) is 18.4 Å². The van der Waals surface area contributed by atoms with Gasteiger partial charge in [0.25, 0.3) is 0 Å². The number of H-pyrrole nitrogens is 1. The summed E-state index contributed by atoms with van der Waals surface area (Å²) >= 11 is 5.91. The molecule has 5 nitrogen and oxygen atoms in total. The Kier molecular flexibility index (Phi) is 5.78. The van der Waals surface area contributed by atoms with Crippen molar-refractivity contribution in [2.45, 2.75) is 25.4 Å². The third kappa shape index (κ3) is 4.42. The van der Waals surface area contributed by atoms with Crippen LogP contribution in [0.1, 0.15) is 18.5 Å². The molecule has 0 unspecified atom stereocenters. The molecule has 1 saturated heterocycles. The predicted molar refractivity (Wildman–Crippen MR) is 97.3 cm³/mol. The van der Waals surface area contributed by atoms with Crippen LogP contribution in [0, 0.1) is 5.92 Å². The number of β-amino-alcohol motifs (C(OH)–C–C–N with tert-alkyl or cyclic N) is 1. The van der Waals surface area contributed by atoms with Gasteiger partial charge in [0.15, 0.2) is 0 Å². The summed E-state index contributed by atoms with van der Waals surface area (Å²) in [5, 5.41) is 19.8. The van der Waals surface area contributed by atoms with Crippen molar-refractivity contribution in [3.05, 3.63) is 47.1 Å². The number of hydrogen-bond acceptors (Lipinski definition) is 3. The molecular weight excluding hydrogens is 340 g/mol. The van der Waals surface area contributed by atoms with Gasteiger partial charge in [0.2, 0.25) is 5.91 Å². The van der Waals surface area contributed by atoms with Crippen LogP contribution in [-0.4, -0.2) is 51.8 Å². The number of hydrogen-bond donors (Lipinski definition) is 3. The van der Waals surface area contributed by atoms with Crippen LogP contribution >= 0.6 is 11.6 Å². The Balaban J connectivity index is 1.54. The van der Waals surface area contributed by atoms with Gasteiger partial charge in [-0.25, -0.2) is 0 Å². The van der Waals surface area contributed by atoms with Gasteiger partial charge in [-0.3, -0.25) is 4.79 Å². The van der Waals surface area contributed by atoms with E-state index in [0.29, 0.717) is 37.4 Å². The summed E-state index contributed by atoms with van der Waals surface area (Å²) in [5.74, 6) is -0.0764. The number of nitrogens with one attached hydrogen (secondary N) is 1. The second kappa shape index (κ2) is 8.04. The molecule has 1 aromatic carbocycles. The van der Waals surface area contributed by atoms with Crippen molar-refractivity contribution in [1.82, 2.24) is 9.88 Å². The van der Waals surface area contributed by atoms with E-state index in [9.17, 15) is 15.0 Å². The lowest BCUT2D eigenvalue weighted by molar-refractivity contribution is -0.136. The Bertz CT molecular complexity index is 714. The van der Waals surface area contributed by atoms with E-state index in [2.05, 4.69) is 4.98 Å². The summed E-state index contributed by atoms with van der Waals surface area (Å²) in [7, 11) is 0. The van der Waals surface area contributed by atoms with Gasteiger partial charge < -0.3 is 20.1 Å². The summed E-state index contributed by atoms with van der Waals surface area (Å²) < 4.78 is 0. The number of nitrogens with zero attached hydrogens (tertiary/aromatic N) is 1. The van der Waals surface area contributed by atoms with Crippen LogP contribution in [0.5, 0.6) is 0 Å². The van der Waals surface area contributed by atoms with Crippen molar-refractivity contribution in [1.29, 1.82) is 0 Å². The van der Waals surface area contributed by atoms with E-state index >= 15 is 0 Å². The number of aromatic nitrogens is 1. The fourth-order valence-corrected chi connectivity index (χ4v) is 3.33. The number of carbonyl (C=O) groups is 1. The first-order valence-electron chi connectivity index (χ1n) is 8.57. The van der Waals surface area contributed by atoms with Gasteiger partial charge in [-0.2, -0.15) is 0 Å². The molecular formula is C19H23ClN2O3. The van der Waals surface area contributed by atoms with Crippen LogP contribution < -0.4 is 0 Å². The van der Waals surface area contributed by atoms with Gasteiger partial charge >= 0.3 is 0 Å². The number of carbonyl (C=O) groups excluding carboxylic acids is 1. The van der Waals surface area contributed by atoms with Gasteiger partial charge in [-0.1, -0.05) is 23.7 Å². The van der Waals surface area contributed by atoms with E-state index in [1.807, 2.05) is 36.4 Å². The number of amides is 1. The van der Waals surface area contributed by atoms with Gasteiger partial charge in [0.1, 0.15) is 0 Å². The second-order valence-corrected chi connectivity index (χ2v) is 6.98. The van der Waals surface area contributed by atoms with Crippen molar-refractivity contribution in [3.63, 3.8) is 0 Å². The minimum Gasteiger partial charge on any atom is -0.396 e. The average molecular weight is 363 g/mol. The van der Waals surface area contributed by atoms with Crippen molar-refractivity contribution >= 4 is 17.5 Å². The van der Waals surface area contributed by atoms with Crippen molar-refractivity contribution in [2.24, 2.45) is 5.92 Å². The molecule has 3 N–H and O–H groups in total. The minimum atomic E-state index is -0.635. The Morgan fingerprint density at radius 3 is 2.68 bits per heavy atom. The smallest absolute Gasteiger partial charge is 0.223 e.